The Balaban J connectivity index is 1.50. The molecule has 1 aromatic heterocycles. The summed E-state index contributed by atoms with van der Waals surface area (Å²) < 4.78 is 5.43. The van der Waals surface area contributed by atoms with Gasteiger partial charge in [0.25, 0.3) is 0 Å². The standard InChI is InChI=1S/C20H26N4O/c1-25-18-9-5-2-6-15(18)13-21-19-12-17(14-10-11-14)23-20(24-19)22-16-7-3-4-8-16/h2,5-6,9,12,14,16H,3-4,7-8,10-11,13H2,1H3,(H2,21,22,23,24). The van der Waals surface area contributed by atoms with Crippen LogP contribution in [0.1, 0.15) is 55.7 Å². The first kappa shape index (κ1) is 16.2. The molecule has 2 fully saturated rings. The number of hydrogen-bond acceptors (Lipinski definition) is 5. The second-order valence-corrected chi connectivity index (χ2v) is 7.07. The zero-order chi connectivity index (χ0) is 17.1. The molecule has 2 saturated carbocycles. The topological polar surface area (TPSA) is 59.1 Å². The molecule has 0 amide bonds. The molecule has 5 heteroatoms. The van der Waals surface area contributed by atoms with Gasteiger partial charge in [0.1, 0.15) is 11.6 Å². The number of benzene rings is 1. The van der Waals surface area contributed by atoms with Crippen molar-refractivity contribution in [3.63, 3.8) is 0 Å². The summed E-state index contributed by atoms with van der Waals surface area (Å²) in [5.74, 6) is 3.18. The van der Waals surface area contributed by atoms with Gasteiger partial charge in [-0.15, -0.1) is 0 Å². The summed E-state index contributed by atoms with van der Waals surface area (Å²) in [5.41, 5.74) is 2.29. The summed E-state index contributed by atoms with van der Waals surface area (Å²) in [6, 6.07) is 10.7. The van der Waals surface area contributed by atoms with E-state index in [0.717, 1.165) is 28.8 Å². The molecule has 0 aliphatic heterocycles. The third kappa shape index (κ3) is 4.03. The average molecular weight is 338 g/mol. The van der Waals surface area contributed by atoms with Crippen LogP contribution in [0.15, 0.2) is 30.3 Å². The number of nitrogens with zero attached hydrogens (tertiary/aromatic N) is 2. The number of methoxy groups -OCH3 is 1. The van der Waals surface area contributed by atoms with Gasteiger partial charge in [-0.3, -0.25) is 0 Å². The minimum atomic E-state index is 0.525. The summed E-state index contributed by atoms with van der Waals surface area (Å²) in [5, 5.41) is 6.99. The van der Waals surface area contributed by atoms with Gasteiger partial charge >= 0.3 is 0 Å². The van der Waals surface area contributed by atoms with E-state index in [9.17, 15) is 0 Å². The lowest BCUT2D eigenvalue weighted by atomic mass is 10.2. The SMILES string of the molecule is COc1ccccc1CNc1cc(C2CC2)nc(NC2CCCC2)n1. The van der Waals surface area contributed by atoms with Crippen LogP contribution in [-0.4, -0.2) is 23.1 Å². The van der Waals surface area contributed by atoms with Crippen LogP contribution in [0.4, 0.5) is 11.8 Å². The maximum absolute atomic E-state index is 5.43. The van der Waals surface area contributed by atoms with Crippen molar-refractivity contribution >= 4 is 11.8 Å². The Hall–Kier alpha value is -2.30. The maximum atomic E-state index is 5.43. The lowest BCUT2D eigenvalue weighted by molar-refractivity contribution is 0.410. The Kier molecular flexibility index (Phi) is 4.72. The molecule has 25 heavy (non-hydrogen) atoms. The minimum absolute atomic E-state index is 0.525. The molecule has 0 saturated heterocycles. The molecule has 2 N–H and O–H groups in total. The van der Waals surface area contributed by atoms with Crippen molar-refractivity contribution in [2.75, 3.05) is 17.7 Å². The smallest absolute Gasteiger partial charge is 0.225 e. The van der Waals surface area contributed by atoms with Crippen molar-refractivity contribution in [2.24, 2.45) is 0 Å². The normalized spacial score (nSPS) is 17.5. The van der Waals surface area contributed by atoms with E-state index in [1.165, 1.54) is 38.5 Å². The van der Waals surface area contributed by atoms with Gasteiger partial charge in [0.2, 0.25) is 5.95 Å². The molecule has 1 heterocycles. The molecule has 2 aliphatic carbocycles. The minimum Gasteiger partial charge on any atom is -0.496 e. The Bertz CT molecular complexity index is 723. The highest BCUT2D eigenvalue weighted by atomic mass is 16.5. The molecule has 0 spiro atoms. The fraction of sp³-hybridized carbons (Fsp3) is 0.500. The first-order chi connectivity index (χ1) is 12.3. The number of ether oxygens (including phenoxy) is 1. The van der Waals surface area contributed by atoms with Crippen LogP contribution >= 0.6 is 0 Å². The van der Waals surface area contributed by atoms with Gasteiger partial charge in [0.05, 0.1) is 12.8 Å². The molecule has 0 bridgehead atoms. The highest BCUT2D eigenvalue weighted by Gasteiger charge is 2.26. The highest BCUT2D eigenvalue weighted by molar-refractivity contribution is 5.46. The predicted octanol–water partition coefficient (Wildman–Crippen LogP) is 4.33. The molecule has 2 aromatic rings. The van der Waals surface area contributed by atoms with Crippen LogP contribution in [0.25, 0.3) is 0 Å². The van der Waals surface area contributed by atoms with E-state index >= 15 is 0 Å². The Morgan fingerprint density at radius 2 is 1.88 bits per heavy atom. The molecule has 2 aliphatic rings. The zero-order valence-corrected chi connectivity index (χ0v) is 14.8. The van der Waals surface area contributed by atoms with Gasteiger partial charge in [0.15, 0.2) is 0 Å². The van der Waals surface area contributed by atoms with Crippen molar-refractivity contribution in [3.05, 3.63) is 41.6 Å². The average Bonchev–Trinajstić information content (AvgIpc) is 3.38. The largest absolute Gasteiger partial charge is 0.496 e. The summed E-state index contributed by atoms with van der Waals surface area (Å²) >= 11 is 0. The van der Waals surface area contributed by atoms with Crippen LogP contribution < -0.4 is 15.4 Å². The van der Waals surface area contributed by atoms with E-state index in [1.807, 2.05) is 18.2 Å². The number of nitrogens with one attached hydrogen (secondary N) is 2. The molecule has 0 radical (unpaired) electrons. The maximum Gasteiger partial charge on any atom is 0.225 e. The number of hydrogen-bond donors (Lipinski definition) is 2. The molecular weight excluding hydrogens is 312 g/mol. The van der Waals surface area contributed by atoms with E-state index < -0.39 is 0 Å². The van der Waals surface area contributed by atoms with Gasteiger partial charge in [-0.1, -0.05) is 31.0 Å². The van der Waals surface area contributed by atoms with Crippen LogP contribution in [0.5, 0.6) is 5.75 Å². The predicted molar refractivity (Wildman–Crippen MR) is 100 cm³/mol. The van der Waals surface area contributed by atoms with Crippen LogP contribution in [0, 0.1) is 0 Å². The number of para-hydroxylation sites is 1. The quantitative estimate of drug-likeness (QED) is 0.787. The van der Waals surface area contributed by atoms with Crippen molar-refractivity contribution < 1.29 is 4.74 Å². The summed E-state index contributed by atoms with van der Waals surface area (Å²) in [4.78, 5) is 9.46. The first-order valence-electron chi connectivity index (χ1n) is 9.33. The Morgan fingerprint density at radius 1 is 1.08 bits per heavy atom. The van der Waals surface area contributed by atoms with E-state index in [2.05, 4.69) is 22.8 Å². The Morgan fingerprint density at radius 3 is 2.64 bits per heavy atom. The summed E-state index contributed by atoms with van der Waals surface area (Å²) in [6.45, 7) is 0.688. The van der Waals surface area contributed by atoms with E-state index in [-0.39, 0.29) is 0 Å². The third-order valence-corrected chi connectivity index (χ3v) is 5.08. The lowest BCUT2D eigenvalue weighted by Gasteiger charge is -2.15. The Labute approximate surface area is 149 Å². The number of aromatic nitrogens is 2. The molecule has 0 atom stereocenters. The van der Waals surface area contributed by atoms with Gasteiger partial charge in [-0.25, -0.2) is 4.98 Å². The molecule has 5 nitrogen and oxygen atoms in total. The monoisotopic (exact) mass is 338 g/mol. The van der Waals surface area contributed by atoms with Gasteiger partial charge in [-0.2, -0.15) is 4.98 Å². The summed E-state index contributed by atoms with van der Waals surface area (Å²) in [6.07, 6.45) is 7.54. The molecular formula is C20H26N4O. The van der Waals surface area contributed by atoms with Crippen LogP contribution in [0.2, 0.25) is 0 Å². The van der Waals surface area contributed by atoms with E-state index in [1.54, 1.807) is 7.11 Å². The van der Waals surface area contributed by atoms with Crippen molar-refractivity contribution in [1.29, 1.82) is 0 Å². The second-order valence-electron chi connectivity index (χ2n) is 7.07. The van der Waals surface area contributed by atoms with Crippen molar-refractivity contribution in [3.8, 4) is 5.75 Å². The lowest BCUT2D eigenvalue weighted by Crippen LogP contribution is -2.18. The fourth-order valence-electron chi connectivity index (χ4n) is 3.50. The van der Waals surface area contributed by atoms with E-state index in [0.29, 0.717) is 18.5 Å². The van der Waals surface area contributed by atoms with Crippen molar-refractivity contribution in [2.45, 2.75) is 57.0 Å². The number of rotatable bonds is 7. The molecule has 0 unspecified atom stereocenters. The molecule has 1 aromatic carbocycles. The van der Waals surface area contributed by atoms with Crippen LogP contribution in [-0.2, 0) is 6.54 Å². The van der Waals surface area contributed by atoms with Crippen molar-refractivity contribution in [1.82, 2.24) is 9.97 Å². The van der Waals surface area contributed by atoms with E-state index in [4.69, 9.17) is 14.7 Å². The first-order valence-corrected chi connectivity index (χ1v) is 9.33. The molecule has 132 valence electrons. The molecule has 4 rings (SSSR count). The van der Waals surface area contributed by atoms with Gasteiger partial charge < -0.3 is 15.4 Å². The summed E-state index contributed by atoms with van der Waals surface area (Å²) in [7, 11) is 1.71. The number of anilines is 2. The highest BCUT2D eigenvalue weighted by Crippen LogP contribution is 2.40. The third-order valence-electron chi connectivity index (χ3n) is 5.08. The second kappa shape index (κ2) is 7.30. The zero-order valence-electron chi connectivity index (χ0n) is 14.8. The van der Waals surface area contributed by atoms with Gasteiger partial charge in [0, 0.05) is 30.1 Å². The van der Waals surface area contributed by atoms with Gasteiger partial charge in [-0.05, 0) is 31.7 Å². The van der Waals surface area contributed by atoms with Crippen LogP contribution in [0.3, 0.4) is 0 Å². The fourth-order valence-corrected chi connectivity index (χ4v) is 3.50.